The van der Waals surface area contributed by atoms with Crippen molar-refractivity contribution in [3.05, 3.63) is 0 Å². The van der Waals surface area contributed by atoms with Crippen molar-refractivity contribution in [1.82, 2.24) is 0 Å². The topological polar surface area (TPSA) is 204 Å². The minimum absolute atomic E-state index is 0. The molecule has 0 aliphatic rings. The number of phosphoric acid groups is 2. The Balaban J connectivity index is -0.0000000178. The van der Waals surface area contributed by atoms with Gasteiger partial charge in [0.25, 0.3) is 0 Å². The molecule has 9 nitrogen and oxygen atoms in total. The van der Waals surface area contributed by atoms with E-state index in [1.54, 1.807) is 0 Å². The van der Waals surface area contributed by atoms with Crippen LogP contribution in [-0.2, 0) is 9.13 Å². The van der Waals surface area contributed by atoms with E-state index < -0.39 is 15.6 Å². The first-order chi connectivity index (χ1) is 4.00. The van der Waals surface area contributed by atoms with Crippen molar-refractivity contribution in [2.75, 3.05) is 0 Å². The van der Waals surface area contributed by atoms with E-state index in [1.807, 2.05) is 0 Å². The van der Waals surface area contributed by atoms with Gasteiger partial charge in [0.1, 0.15) is 0 Å². The normalized spacial score (nSPS) is 8.43. The van der Waals surface area contributed by atoms with E-state index in [-0.39, 0.29) is 77.2 Å². The smallest absolute Gasteiger partial charge is 0.822 e. The molecule has 2 N–H and O–H groups in total. The molecule has 6 radical (unpaired) electrons. The van der Waals surface area contributed by atoms with Crippen LogP contribution < -0.4 is 29.4 Å². The maximum atomic E-state index is 8.55. The van der Waals surface area contributed by atoms with Gasteiger partial charge in [-0.15, -0.1) is 0 Å². The molecule has 0 aliphatic heterocycles. The van der Waals surface area contributed by atoms with Gasteiger partial charge in [0, 0.05) is 0 Å². The standard InChI is InChI=1S/2H3O4P.H2O.3Sn/c2*1-5(2,3)4;;;;/h2*(H3,1,2,3,4);1H2;;;/q;;;3*+2/p-6. The molecule has 14 heavy (non-hydrogen) atoms. The Morgan fingerprint density at radius 1 is 0.571 bits per heavy atom. The molecule has 0 aromatic carbocycles. The van der Waals surface area contributed by atoms with E-state index in [0.29, 0.717) is 0 Å². The van der Waals surface area contributed by atoms with Crippen LogP contribution >= 0.6 is 15.6 Å². The van der Waals surface area contributed by atoms with Gasteiger partial charge < -0.3 is 44.0 Å². The molecular weight excluding hydrogens is 562 g/mol. The van der Waals surface area contributed by atoms with Gasteiger partial charge >= 0.3 is 71.7 Å². The first kappa shape index (κ1) is 36.0. The second-order valence-corrected chi connectivity index (χ2v) is 2.68. The molecule has 0 bridgehead atoms. The van der Waals surface area contributed by atoms with Crippen LogP contribution in [0.5, 0.6) is 0 Å². The fraction of sp³-hybridized carbons (Fsp3) is 0. The molecule has 0 saturated heterocycles. The summed E-state index contributed by atoms with van der Waals surface area (Å²) in [5.74, 6) is 0. The second kappa shape index (κ2) is 15.6. The monoisotopic (exact) mass is 568 g/mol. The van der Waals surface area contributed by atoms with Gasteiger partial charge in [0.15, 0.2) is 0 Å². The van der Waals surface area contributed by atoms with Crippen LogP contribution in [-0.4, -0.2) is 77.2 Å². The van der Waals surface area contributed by atoms with Crippen LogP contribution in [0.15, 0.2) is 0 Å². The zero-order valence-electron chi connectivity index (χ0n) is 6.16. The molecule has 0 spiro atoms. The van der Waals surface area contributed by atoms with Gasteiger partial charge in [-0.05, 0) is 0 Å². The number of hydrogen-bond acceptors (Lipinski definition) is 8. The van der Waals surface area contributed by atoms with Gasteiger partial charge in [0.05, 0.1) is 0 Å². The minimum Gasteiger partial charge on any atom is -0.822 e. The summed E-state index contributed by atoms with van der Waals surface area (Å²) in [6.07, 6.45) is 0. The Bertz CT molecular complexity index is 130. The van der Waals surface area contributed by atoms with Gasteiger partial charge in [-0.3, -0.25) is 0 Å². The first-order valence-corrected chi connectivity index (χ1v) is 4.38. The molecule has 0 unspecified atom stereocenters. The Morgan fingerprint density at radius 3 is 0.571 bits per heavy atom. The Kier molecular flexibility index (Phi) is 40.0. The van der Waals surface area contributed by atoms with Gasteiger partial charge in [0.2, 0.25) is 0 Å². The first-order valence-electron chi connectivity index (χ1n) is 1.46. The summed E-state index contributed by atoms with van der Waals surface area (Å²) in [6.45, 7) is 0. The molecule has 0 heterocycles. The van der Waals surface area contributed by atoms with Crippen LogP contribution in [0.2, 0.25) is 0 Å². The number of rotatable bonds is 0. The molecule has 0 atom stereocenters. The van der Waals surface area contributed by atoms with Crippen molar-refractivity contribution in [3.63, 3.8) is 0 Å². The van der Waals surface area contributed by atoms with Gasteiger partial charge in [-0.2, -0.15) is 15.6 Å². The third kappa shape index (κ3) is 405. The molecule has 0 aromatic heterocycles. The maximum Gasteiger partial charge on any atom is 2.00 e. The fourth-order valence-electron chi connectivity index (χ4n) is 0. The van der Waals surface area contributed by atoms with Crippen LogP contribution in [0.1, 0.15) is 0 Å². The van der Waals surface area contributed by atoms with Crippen LogP contribution in [0, 0.1) is 0 Å². The van der Waals surface area contributed by atoms with E-state index in [1.165, 1.54) is 0 Å². The van der Waals surface area contributed by atoms with E-state index >= 15 is 0 Å². The zero-order valence-corrected chi connectivity index (χ0v) is 16.5. The molecular formula is H2O9P2Sn3. The molecule has 78 valence electrons. The fourth-order valence-corrected chi connectivity index (χ4v) is 0. The van der Waals surface area contributed by atoms with E-state index in [4.69, 9.17) is 38.5 Å². The summed E-state index contributed by atoms with van der Waals surface area (Å²) in [5.41, 5.74) is 0. The van der Waals surface area contributed by atoms with Crippen LogP contribution in [0.25, 0.3) is 0 Å². The predicted octanol–water partition coefficient (Wildman–Crippen LogP) is -7.62. The molecule has 0 aliphatic carbocycles. The largest absolute Gasteiger partial charge is 2.00 e. The van der Waals surface area contributed by atoms with Crippen molar-refractivity contribution in [2.45, 2.75) is 0 Å². The number of hydrogen-bond donors (Lipinski definition) is 0. The molecule has 14 heteroatoms. The summed E-state index contributed by atoms with van der Waals surface area (Å²) in [6, 6.07) is 0. The van der Waals surface area contributed by atoms with Crippen molar-refractivity contribution in [3.8, 4) is 0 Å². The average molecular weight is 564 g/mol. The Labute approximate surface area is 130 Å². The third-order valence-electron chi connectivity index (χ3n) is 0. The SMILES string of the molecule is O.O=P([O-])([O-])[O-].O=P([O-])([O-])[O-].[Sn+2].[Sn+2].[Sn+2]. The summed E-state index contributed by atoms with van der Waals surface area (Å²) in [5, 5.41) is 0. The summed E-state index contributed by atoms with van der Waals surface area (Å²) >= 11 is 0. The average Bonchev–Trinajstić information content (AvgIpc) is 1.12. The summed E-state index contributed by atoms with van der Waals surface area (Å²) < 4.78 is 17.1. The predicted molar refractivity (Wildman–Crippen MR) is 36.1 cm³/mol. The third-order valence-corrected chi connectivity index (χ3v) is 0. The van der Waals surface area contributed by atoms with Crippen LogP contribution in [0.4, 0.5) is 0 Å². The van der Waals surface area contributed by atoms with Crippen LogP contribution in [0.3, 0.4) is 0 Å². The van der Waals surface area contributed by atoms with Crippen molar-refractivity contribution in [1.29, 1.82) is 0 Å². The van der Waals surface area contributed by atoms with Gasteiger partial charge in [-0.1, -0.05) is 0 Å². The quantitative estimate of drug-likeness (QED) is 0.204. The molecule has 0 fully saturated rings. The molecule has 0 rings (SSSR count). The Hall–Kier alpha value is 2.58. The van der Waals surface area contributed by atoms with Crippen molar-refractivity contribution >= 4 is 87.4 Å². The van der Waals surface area contributed by atoms with Gasteiger partial charge in [-0.25, -0.2) is 0 Å². The summed E-state index contributed by atoms with van der Waals surface area (Å²) in [7, 11) is -10.8. The van der Waals surface area contributed by atoms with E-state index in [0.717, 1.165) is 0 Å². The molecule has 0 amide bonds. The molecule has 0 saturated carbocycles. The van der Waals surface area contributed by atoms with Crippen molar-refractivity contribution in [2.24, 2.45) is 0 Å². The zero-order chi connectivity index (χ0) is 9.00. The summed E-state index contributed by atoms with van der Waals surface area (Å²) in [4.78, 5) is 51.3. The maximum absolute atomic E-state index is 8.55. The van der Waals surface area contributed by atoms with E-state index in [9.17, 15) is 0 Å². The van der Waals surface area contributed by atoms with Crippen molar-refractivity contribution < 1.29 is 44.0 Å². The Morgan fingerprint density at radius 2 is 0.571 bits per heavy atom. The van der Waals surface area contributed by atoms with E-state index in [2.05, 4.69) is 0 Å². The minimum atomic E-state index is -5.39. The second-order valence-electron chi connectivity index (χ2n) is 0.894. The molecule has 0 aromatic rings.